The number of alkyl halides is 1. The third kappa shape index (κ3) is 9.78. The largest absolute Gasteiger partial charge is 0.103 e. The Balaban J connectivity index is 3.02. The Morgan fingerprint density at radius 3 is 2.64 bits per heavy atom. The first-order valence-electron chi connectivity index (χ1n) is 4.04. The van der Waals surface area contributed by atoms with E-state index in [0.29, 0.717) is 0 Å². The number of unbranched alkanes of at least 4 members (excludes halogenated alkanes) is 3. The zero-order valence-electron chi connectivity index (χ0n) is 6.91. The lowest BCUT2D eigenvalue weighted by molar-refractivity contribution is 0.745. The standard InChI is InChI=1S/C10H15Br/c1-2-3-4-5-6-7-8-9-10-11/h2H,1,3,6-10H2. The fraction of sp³-hybridized carbons (Fsp3) is 0.600. The van der Waals surface area contributed by atoms with Gasteiger partial charge in [0.05, 0.1) is 0 Å². The minimum atomic E-state index is 0.832. The van der Waals surface area contributed by atoms with Crippen LogP contribution in [0.4, 0.5) is 0 Å². The summed E-state index contributed by atoms with van der Waals surface area (Å²) in [5, 5.41) is 1.12. The fourth-order valence-electron chi connectivity index (χ4n) is 0.717. The highest BCUT2D eigenvalue weighted by Gasteiger charge is 1.83. The second-order valence-electron chi connectivity index (χ2n) is 2.35. The predicted molar refractivity (Wildman–Crippen MR) is 54.9 cm³/mol. The van der Waals surface area contributed by atoms with Gasteiger partial charge in [0, 0.05) is 18.2 Å². The van der Waals surface area contributed by atoms with Crippen molar-refractivity contribution in [3.05, 3.63) is 12.7 Å². The molecule has 0 saturated carbocycles. The molecule has 0 unspecified atom stereocenters. The van der Waals surface area contributed by atoms with E-state index in [0.717, 1.165) is 18.2 Å². The van der Waals surface area contributed by atoms with Crippen molar-refractivity contribution >= 4 is 15.9 Å². The first kappa shape index (κ1) is 10.8. The van der Waals surface area contributed by atoms with Gasteiger partial charge in [0.25, 0.3) is 0 Å². The van der Waals surface area contributed by atoms with Crippen LogP contribution in [0.2, 0.25) is 0 Å². The number of halogens is 1. The van der Waals surface area contributed by atoms with Gasteiger partial charge in [-0.15, -0.1) is 12.5 Å². The predicted octanol–water partition coefficient (Wildman–Crippen LogP) is 3.52. The summed E-state index contributed by atoms with van der Waals surface area (Å²) in [7, 11) is 0. The van der Waals surface area contributed by atoms with Gasteiger partial charge in [0.2, 0.25) is 0 Å². The van der Waals surface area contributed by atoms with Crippen LogP contribution in [0.5, 0.6) is 0 Å². The molecule has 0 heterocycles. The highest BCUT2D eigenvalue weighted by molar-refractivity contribution is 9.09. The maximum absolute atomic E-state index is 3.60. The average molecular weight is 215 g/mol. The highest BCUT2D eigenvalue weighted by atomic mass is 79.9. The van der Waals surface area contributed by atoms with Crippen molar-refractivity contribution < 1.29 is 0 Å². The summed E-state index contributed by atoms with van der Waals surface area (Å²) in [5.41, 5.74) is 0. The zero-order valence-corrected chi connectivity index (χ0v) is 8.49. The molecule has 11 heavy (non-hydrogen) atoms. The third-order valence-electron chi connectivity index (χ3n) is 1.31. The van der Waals surface area contributed by atoms with Crippen LogP contribution in [-0.2, 0) is 0 Å². The Hall–Kier alpha value is -0.220. The molecule has 0 aromatic carbocycles. The molecule has 62 valence electrons. The minimum Gasteiger partial charge on any atom is -0.103 e. The molecule has 0 N–H and O–H groups in total. The molecule has 0 aliphatic carbocycles. The smallest absolute Gasteiger partial charge is 0.0267 e. The van der Waals surface area contributed by atoms with Crippen LogP contribution in [0.25, 0.3) is 0 Å². The molecule has 0 radical (unpaired) electrons. The van der Waals surface area contributed by atoms with E-state index >= 15 is 0 Å². The van der Waals surface area contributed by atoms with E-state index in [1.54, 1.807) is 0 Å². The van der Waals surface area contributed by atoms with E-state index in [2.05, 4.69) is 34.3 Å². The average Bonchev–Trinajstić information content (AvgIpc) is 2.03. The first-order chi connectivity index (χ1) is 5.41. The molecular formula is C10H15Br. The van der Waals surface area contributed by atoms with Crippen LogP contribution in [0.1, 0.15) is 32.1 Å². The number of hydrogen-bond donors (Lipinski definition) is 0. The molecular weight excluding hydrogens is 200 g/mol. The summed E-state index contributed by atoms with van der Waals surface area (Å²) in [6.07, 6.45) is 7.50. The number of allylic oxidation sites excluding steroid dienone is 1. The van der Waals surface area contributed by atoms with Crippen molar-refractivity contribution in [2.24, 2.45) is 0 Å². The number of rotatable bonds is 5. The van der Waals surface area contributed by atoms with E-state index in [-0.39, 0.29) is 0 Å². The van der Waals surface area contributed by atoms with Crippen molar-refractivity contribution in [2.45, 2.75) is 32.1 Å². The molecule has 0 aliphatic rings. The summed E-state index contributed by atoms with van der Waals surface area (Å²) >= 11 is 3.39. The Morgan fingerprint density at radius 2 is 2.00 bits per heavy atom. The molecule has 0 rings (SSSR count). The Bertz CT molecular complexity index is 139. The van der Waals surface area contributed by atoms with Gasteiger partial charge in [0.1, 0.15) is 0 Å². The van der Waals surface area contributed by atoms with Crippen LogP contribution in [0, 0.1) is 11.8 Å². The van der Waals surface area contributed by atoms with E-state index in [1.165, 1.54) is 19.3 Å². The molecule has 0 nitrogen and oxygen atoms in total. The van der Waals surface area contributed by atoms with Crippen molar-refractivity contribution in [1.82, 2.24) is 0 Å². The van der Waals surface area contributed by atoms with Gasteiger partial charge in [-0.3, -0.25) is 0 Å². The Kier molecular flexibility index (Phi) is 9.58. The van der Waals surface area contributed by atoms with E-state index in [1.807, 2.05) is 6.08 Å². The van der Waals surface area contributed by atoms with Crippen LogP contribution in [0.15, 0.2) is 12.7 Å². The van der Waals surface area contributed by atoms with E-state index in [9.17, 15) is 0 Å². The van der Waals surface area contributed by atoms with Crippen LogP contribution < -0.4 is 0 Å². The van der Waals surface area contributed by atoms with Gasteiger partial charge in [-0.2, -0.15) is 0 Å². The van der Waals surface area contributed by atoms with Gasteiger partial charge in [-0.25, -0.2) is 0 Å². The molecule has 0 aliphatic heterocycles. The lowest BCUT2D eigenvalue weighted by atomic mass is 10.2. The number of hydrogen-bond acceptors (Lipinski definition) is 0. The normalized spacial score (nSPS) is 8.45. The minimum absolute atomic E-state index is 0.832. The summed E-state index contributed by atoms with van der Waals surface area (Å²) in [6, 6.07) is 0. The van der Waals surface area contributed by atoms with Crippen molar-refractivity contribution in [2.75, 3.05) is 5.33 Å². The topological polar surface area (TPSA) is 0 Å². The summed E-state index contributed by atoms with van der Waals surface area (Å²) in [6.45, 7) is 3.60. The first-order valence-corrected chi connectivity index (χ1v) is 5.16. The molecule has 0 aromatic rings. The molecule has 0 bridgehead atoms. The van der Waals surface area contributed by atoms with Crippen molar-refractivity contribution in [1.29, 1.82) is 0 Å². The maximum Gasteiger partial charge on any atom is 0.0267 e. The van der Waals surface area contributed by atoms with Crippen molar-refractivity contribution in [3.63, 3.8) is 0 Å². The van der Waals surface area contributed by atoms with Crippen LogP contribution >= 0.6 is 15.9 Å². The zero-order chi connectivity index (χ0) is 8.36. The summed E-state index contributed by atoms with van der Waals surface area (Å²) < 4.78 is 0. The lowest BCUT2D eigenvalue weighted by Gasteiger charge is -1.90. The molecule has 0 amide bonds. The van der Waals surface area contributed by atoms with E-state index in [4.69, 9.17) is 0 Å². The molecule has 0 atom stereocenters. The second-order valence-corrected chi connectivity index (χ2v) is 3.14. The molecule has 0 spiro atoms. The van der Waals surface area contributed by atoms with Crippen LogP contribution in [-0.4, -0.2) is 5.33 Å². The third-order valence-corrected chi connectivity index (χ3v) is 1.87. The Labute approximate surface area is 78.2 Å². The van der Waals surface area contributed by atoms with Gasteiger partial charge >= 0.3 is 0 Å². The monoisotopic (exact) mass is 214 g/mol. The van der Waals surface area contributed by atoms with Gasteiger partial charge in [0.15, 0.2) is 0 Å². The molecule has 0 aromatic heterocycles. The van der Waals surface area contributed by atoms with Gasteiger partial charge < -0.3 is 0 Å². The molecule has 0 saturated heterocycles. The van der Waals surface area contributed by atoms with E-state index < -0.39 is 0 Å². The quantitative estimate of drug-likeness (QED) is 0.285. The molecule has 0 fully saturated rings. The summed E-state index contributed by atoms with van der Waals surface area (Å²) in [5.74, 6) is 6.14. The van der Waals surface area contributed by atoms with Gasteiger partial charge in [-0.1, -0.05) is 34.3 Å². The maximum atomic E-state index is 3.60. The molecule has 1 heteroatoms. The Morgan fingerprint density at radius 1 is 1.18 bits per heavy atom. The second kappa shape index (κ2) is 9.78. The highest BCUT2D eigenvalue weighted by Crippen LogP contribution is 2.00. The van der Waals surface area contributed by atoms with Gasteiger partial charge in [-0.05, 0) is 12.8 Å². The fourth-order valence-corrected chi connectivity index (χ4v) is 1.11. The SMILES string of the molecule is C=CCC#CCCCCCBr. The lowest BCUT2D eigenvalue weighted by Crippen LogP contribution is -1.75. The van der Waals surface area contributed by atoms with Crippen LogP contribution in [0.3, 0.4) is 0 Å². The van der Waals surface area contributed by atoms with Crippen molar-refractivity contribution in [3.8, 4) is 11.8 Å². The summed E-state index contributed by atoms with van der Waals surface area (Å²) in [4.78, 5) is 0.